The minimum absolute atomic E-state index is 0.0983. The van der Waals surface area contributed by atoms with Gasteiger partial charge in [0.15, 0.2) is 0 Å². The van der Waals surface area contributed by atoms with E-state index in [0.29, 0.717) is 10.8 Å². The van der Waals surface area contributed by atoms with Crippen molar-refractivity contribution >= 4 is 33.4 Å². The maximum Gasteiger partial charge on any atom is 0.243 e. The van der Waals surface area contributed by atoms with Gasteiger partial charge < -0.3 is 15.0 Å². The third kappa shape index (κ3) is 8.58. The minimum Gasteiger partial charge on any atom is -0.497 e. The summed E-state index contributed by atoms with van der Waals surface area (Å²) < 4.78 is 30.2. The Morgan fingerprint density at radius 2 is 1.53 bits per heavy atom. The lowest BCUT2D eigenvalue weighted by Gasteiger charge is -2.32. The first-order chi connectivity index (χ1) is 18.1. The summed E-state index contributed by atoms with van der Waals surface area (Å²) in [5, 5.41) is 3.49. The van der Waals surface area contributed by atoms with E-state index >= 15 is 0 Å². The van der Waals surface area contributed by atoms with E-state index in [-0.39, 0.29) is 25.4 Å². The Balaban J connectivity index is 1.92. The van der Waals surface area contributed by atoms with Gasteiger partial charge in [0.2, 0.25) is 21.8 Å². The first kappa shape index (κ1) is 29.2. The van der Waals surface area contributed by atoms with E-state index in [1.165, 1.54) is 11.9 Å². The average Bonchev–Trinajstić information content (AvgIpc) is 2.90. The molecule has 1 atom stereocenters. The van der Waals surface area contributed by atoms with Crippen molar-refractivity contribution in [2.24, 2.45) is 0 Å². The zero-order valence-electron chi connectivity index (χ0n) is 21.6. The van der Waals surface area contributed by atoms with E-state index in [1.54, 1.807) is 43.5 Å². The summed E-state index contributed by atoms with van der Waals surface area (Å²) in [6, 6.07) is 22.8. The van der Waals surface area contributed by atoms with Crippen molar-refractivity contribution in [2.75, 3.05) is 27.0 Å². The second-order valence-corrected chi connectivity index (χ2v) is 11.5. The van der Waals surface area contributed by atoms with Crippen LogP contribution in [0.2, 0.25) is 5.02 Å². The van der Waals surface area contributed by atoms with Gasteiger partial charge >= 0.3 is 0 Å². The number of halogens is 1. The molecule has 38 heavy (non-hydrogen) atoms. The molecule has 0 aliphatic heterocycles. The Bertz CT molecular complexity index is 1320. The number of rotatable bonds is 12. The van der Waals surface area contributed by atoms with Crippen LogP contribution in [0.1, 0.15) is 16.7 Å². The number of likely N-dealkylation sites (N-methyl/N-ethyl adjacent to an activating group) is 1. The smallest absolute Gasteiger partial charge is 0.243 e. The fourth-order valence-electron chi connectivity index (χ4n) is 3.79. The number of nitrogens with one attached hydrogen (secondary N) is 1. The first-order valence-corrected chi connectivity index (χ1v) is 14.2. The number of hydrogen-bond acceptors (Lipinski definition) is 5. The molecule has 3 rings (SSSR count). The number of amides is 2. The normalized spacial score (nSPS) is 12.1. The third-order valence-electron chi connectivity index (χ3n) is 6.09. The van der Waals surface area contributed by atoms with Crippen molar-refractivity contribution < 1.29 is 22.7 Å². The van der Waals surface area contributed by atoms with Gasteiger partial charge in [0.1, 0.15) is 11.8 Å². The summed E-state index contributed by atoms with van der Waals surface area (Å²) in [5.41, 5.74) is 2.48. The molecule has 0 aliphatic carbocycles. The fraction of sp³-hybridized carbons (Fsp3) is 0.286. The summed E-state index contributed by atoms with van der Waals surface area (Å²) in [6.07, 6.45) is 1.28. The van der Waals surface area contributed by atoms with Crippen LogP contribution in [0, 0.1) is 0 Å². The molecule has 2 amide bonds. The van der Waals surface area contributed by atoms with E-state index in [2.05, 4.69) is 5.32 Å². The SMILES string of the molecule is COc1ccc(CNC(=O)C(Cc2ccccc2)N(Cc2ccc(Cl)cc2)C(=O)CN(C)S(C)(=O)=O)cc1. The molecule has 0 saturated carbocycles. The van der Waals surface area contributed by atoms with E-state index in [9.17, 15) is 18.0 Å². The molecular formula is C28H32ClN3O5S. The average molecular weight is 558 g/mol. The lowest BCUT2D eigenvalue weighted by atomic mass is 10.0. The molecule has 0 heterocycles. The summed E-state index contributed by atoms with van der Waals surface area (Å²) in [4.78, 5) is 28.6. The molecule has 1 unspecified atom stereocenters. The lowest BCUT2D eigenvalue weighted by molar-refractivity contribution is -0.141. The maximum absolute atomic E-state index is 13.6. The monoisotopic (exact) mass is 557 g/mol. The van der Waals surface area contributed by atoms with Crippen molar-refractivity contribution in [1.29, 1.82) is 0 Å². The summed E-state index contributed by atoms with van der Waals surface area (Å²) >= 11 is 6.04. The van der Waals surface area contributed by atoms with Gasteiger partial charge in [-0.2, -0.15) is 4.31 Å². The molecule has 0 saturated heterocycles. The Morgan fingerprint density at radius 3 is 2.11 bits per heavy atom. The summed E-state index contributed by atoms with van der Waals surface area (Å²) in [6.45, 7) is -0.0507. The molecule has 0 aromatic heterocycles. The van der Waals surface area contributed by atoms with Gasteiger partial charge in [0.05, 0.1) is 19.9 Å². The van der Waals surface area contributed by atoms with Crippen LogP contribution >= 0.6 is 11.6 Å². The number of hydrogen-bond donors (Lipinski definition) is 1. The van der Waals surface area contributed by atoms with Crippen LogP contribution in [-0.4, -0.2) is 62.4 Å². The fourth-order valence-corrected chi connectivity index (χ4v) is 4.26. The number of methoxy groups -OCH3 is 1. The molecule has 0 aliphatic rings. The molecule has 0 spiro atoms. The largest absolute Gasteiger partial charge is 0.497 e. The van der Waals surface area contributed by atoms with Crippen LogP contribution in [0.5, 0.6) is 5.75 Å². The van der Waals surface area contributed by atoms with Crippen molar-refractivity contribution in [3.8, 4) is 5.75 Å². The molecule has 3 aromatic carbocycles. The van der Waals surface area contributed by atoms with Crippen LogP contribution in [0.4, 0.5) is 0 Å². The van der Waals surface area contributed by atoms with Crippen LogP contribution in [-0.2, 0) is 39.1 Å². The molecule has 0 radical (unpaired) electrons. The van der Waals surface area contributed by atoms with Gasteiger partial charge in [0, 0.05) is 31.6 Å². The van der Waals surface area contributed by atoms with Crippen LogP contribution in [0.15, 0.2) is 78.9 Å². The van der Waals surface area contributed by atoms with E-state index in [0.717, 1.165) is 27.3 Å². The molecule has 1 N–H and O–H groups in total. The van der Waals surface area contributed by atoms with Gasteiger partial charge in [-0.25, -0.2) is 8.42 Å². The van der Waals surface area contributed by atoms with Gasteiger partial charge in [0.25, 0.3) is 0 Å². The molecule has 0 fully saturated rings. The molecule has 8 nitrogen and oxygen atoms in total. The molecule has 202 valence electrons. The number of ether oxygens (including phenoxy) is 1. The number of carbonyl (C=O) groups is 2. The summed E-state index contributed by atoms with van der Waals surface area (Å²) in [7, 11) is -0.690. The number of nitrogens with zero attached hydrogens (tertiary/aromatic N) is 2. The number of benzene rings is 3. The topological polar surface area (TPSA) is 96.0 Å². The van der Waals surface area contributed by atoms with Gasteiger partial charge in [-0.15, -0.1) is 0 Å². The second-order valence-electron chi connectivity index (χ2n) is 8.94. The number of carbonyl (C=O) groups excluding carboxylic acids is 2. The third-order valence-corrected chi connectivity index (χ3v) is 7.60. The number of sulfonamides is 1. The first-order valence-electron chi connectivity index (χ1n) is 12.0. The predicted octanol–water partition coefficient (Wildman–Crippen LogP) is 3.50. The molecule has 0 bridgehead atoms. The predicted molar refractivity (Wildman–Crippen MR) is 148 cm³/mol. The van der Waals surface area contributed by atoms with Crippen LogP contribution in [0.25, 0.3) is 0 Å². The van der Waals surface area contributed by atoms with Crippen molar-refractivity contribution in [1.82, 2.24) is 14.5 Å². The quantitative estimate of drug-likeness (QED) is 0.368. The Labute approximate surface area is 229 Å². The zero-order valence-corrected chi connectivity index (χ0v) is 23.2. The zero-order chi connectivity index (χ0) is 27.7. The molecule has 10 heteroatoms. The molecular weight excluding hydrogens is 526 g/mol. The van der Waals surface area contributed by atoms with Crippen molar-refractivity contribution in [3.63, 3.8) is 0 Å². The lowest BCUT2D eigenvalue weighted by Crippen LogP contribution is -2.52. The molecule has 3 aromatic rings. The second kappa shape index (κ2) is 13.4. The van der Waals surface area contributed by atoms with Gasteiger partial charge in [-0.3, -0.25) is 9.59 Å². The van der Waals surface area contributed by atoms with Gasteiger partial charge in [-0.05, 0) is 41.0 Å². The minimum atomic E-state index is -3.61. The van der Waals surface area contributed by atoms with E-state index in [1.807, 2.05) is 42.5 Å². The Hall–Kier alpha value is -3.40. The van der Waals surface area contributed by atoms with Crippen molar-refractivity contribution in [2.45, 2.75) is 25.6 Å². The highest BCUT2D eigenvalue weighted by molar-refractivity contribution is 7.88. The van der Waals surface area contributed by atoms with Crippen molar-refractivity contribution in [3.05, 3.63) is 101 Å². The van der Waals surface area contributed by atoms with E-state index in [4.69, 9.17) is 16.3 Å². The Morgan fingerprint density at radius 1 is 0.921 bits per heavy atom. The summed E-state index contributed by atoms with van der Waals surface area (Å²) in [5.74, 6) is -0.140. The highest BCUT2D eigenvalue weighted by Gasteiger charge is 2.31. The highest BCUT2D eigenvalue weighted by Crippen LogP contribution is 2.18. The standard InChI is InChI=1S/C28H32ClN3O5S/c1-31(38(3,35)36)20-27(33)32(19-23-9-13-24(29)14-10-23)26(17-21-7-5-4-6-8-21)28(34)30-18-22-11-15-25(37-2)16-12-22/h4-16,26H,17-20H2,1-3H3,(H,30,34). The van der Waals surface area contributed by atoms with Crippen LogP contribution < -0.4 is 10.1 Å². The van der Waals surface area contributed by atoms with Gasteiger partial charge in [-0.1, -0.05) is 66.2 Å². The van der Waals surface area contributed by atoms with Crippen LogP contribution in [0.3, 0.4) is 0 Å². The van der Waals surface area contributed by atoms with E-state index < -0.39 is 28.5 Å². The Kier molecular flexibility index (Phi) is 10.3. The maximum atomic E-state index is 13.6. The highest BCUT2D eigenvalue weighted by atomic mass is 35.5.